The van der Waals surface area contributed by atoms with E-state index < -0.39 is 19.0 Å². The number of alkyl halides is 2. The van der Waals surface area contributed by atoms with Crippen molar-refractivity contribution in [3.63, 3.8) is 0 Å². The Kier molecular flexibility index (Phi) is 5.07. The van der Waals surface area contributed by atoms with Crippen molar-refractivity contribution < 1.29 is 22.9 Å². The summed E-state index contributed by atoms with van der Waals surface area (Å²) in [6, 6.07) is 8.30. The van der Waals surface area contributed by atoms with Crippen LogP contribution >= 0.6 is 0 Å². The minimum absolute atomic E-state index is 0.245. The van der Waals surface area contributed by atoms with Crippen molar-refractivity contribution in [2.75, 3.05) is 13.1 Å². The number of amides is 1. The summed E-state index contributed by atoms with van der Waals surface area (Å²) in [4.78, 5) is 10.7. The molecule has 3 rings (SSSR count). The van der Waals surface area contributed by atoms with Crippen LogP contribution in [0.3, 0.4) is 0 Å². The standard InChI is InChI=1S/C13H19BO2.C4H5F2NO/c1-10-6-8-11(9-7-10)14-15-12(2,3)13(4,5)16-14;5-4(6)1-7(2-4)3-8/h6-9H,1-5H3;3H,1-2H2. The van der Waals surface area contributed by atoms with E-state index in [0.717, 1.165) is 10.4 Å². The first-order valence-electron chi connectivity index (χ1n) is 7.95. The molecule has 24 heavy (non-hydrogen) atoms. The summed E-state index contributed by atoms with van der Waals surface area (Å²) < 4.78 is 35.5. The monoisotopic (exact) mass is 339 g/mol. The van der Waals surface area contributed by atoms with Gasteiger partial charge in [-0.15, -0.1) is 0 Å². The maximum atomic E-state index is 11.8. The quantitative estimate of drug-likeness (QED) is 0.614. The van der Waals surface area contributed by atoms with Gasteiger partial charge in [-0.25, -0.2) is 8.78 Å². The fourth-order valence-electron chi connectivity index (χ4n) is 2.33. The topological polar surface area (TPSA) is 38.8 Å². The van der Waals surface area contributed by atoms with Crippen LogP contribution < -0.4 is 5.46 Å². The van der Waals surface area contributed by atoms with E-state index >= 15 is 0 Å². The van der Waals surface area contributed by atoms with E-state index in [1.54, 1.807) is 0 Å². The van der Waals surface area contributed by atoms with Crippen LogP contribution in [0.15, 0.2) is 24.3 Å². The first kappa shape index (κ1) is 18.9. The Morgan fingerprint density at radius 2 is 1.50 bits per heavy atom. The average Bonchev–Trinajstić information content (AvgIpc) is 2.66. The number of aryl methyl sites for hydroxylation is 1. The summed E-state index contributed by atoms with van der Waals surface area (Å²) in [7, 11) is -0.245. The van der Waals surface area contributed by atoms with Crippen LogP contribution in [-0.4, -0.2) is 48.6 Å². The van der Waals surface area contributed by atoms with Crippen molar-refractivity contribution >= 4 is 19.0 Å². The predicted octanol–water partition coefficient (Wildman–Crippen LogP) is 2.39. The molecule has 2 saturated heterocycles. The average molecular weight is 339 g/mol. The number of nitrogens with zero attached hydrogens (tertiary/aromatic N) is 1. The summed E-state index contributed by atoms with van der Waals surface area (Å²) in [5, 5.41) is 0. The van der Waals surface area contributed by atoms with Crippen LogP contribution in [0, 0.1) is 6.92 Å². The molecule has 1 amide bonds. The molecule has 1 aromatic carbocycles. The highest BCUT2D eigenvalue weighted by atomic mass is 19.3. The number of hydrogen-bond acceptors (Lipinski definition) is 3. The maximum absolute atomic E-state index is 11.8. The lowest BCUT2D eigenvalue weighted by Crippen LogP contribution is -2.55. The van der Waals surface area contributed by atoms with Crippen molar-refractivity contribution in [1.29, 1.82) is 0 Å². The van der Waals surface area contributed by atoms with E-state index in [9.17, 15) is 13.6 Å². The second-order valence-electron chi connectivity index (χ2n) is 7.37. The van der Waals surface area contributed by atoms with Crippen molar-refractivity contribution in [2.24, 2.45) is 0 Å². The van der Waals surface area contributed by atoms with Crippen LogP contribution in [0.1, 0.15) is 33.3 Å². The molecule has 132 valence electrons. The Morgan fingerprint density at radius 1 is 1.04 bits per heavy atom. The van der Waals surface area contributed by atoms with Crippen LogP contribution in [-0.2, 0) is 14.1 Å². The normalized spacial score (nSPS) is 23.1. The number of rotatable bonds is 2. The molecule has 0 atom stereocenters. The zero-order valence-electron chi connectivity index (χ0n) is 14.8. The van der Waals surface area contributed by atoms with Crippen molar-refractivity contribution in [1.82, 2.24) is 4.90 Å². The molecule has 0 radical (unpaired) electrons. The molecule has 0 aromatic heterocycles. The van der Waals surface area contributed by atoms with Gasteiger partial charge >= 0.3 is 7.12 Å². The Balaban J connectivity index is 0.000000219. The van der Waals surface area contributed by atoms with Gasteiger partial charge in [0.1, 0.15) is 0 Å². The lowest BCUT2D eigenvalue weighted by atomic mass is 9.79. The third-order valence-electron chi connectivity index (χ3n) is 4.62. The molecule has 2 fully saturated rings. The number of carbonyl (C=O) groups is 1. The fraction of sp³-hybridized carbons (Fsp3) is 0.588. The minimum atomic E-state index is -2.61. The van der Waals surface area contributed by atoms with Crippen LogP contribution in [0.5, 0.6) is 0 Å². The Morgan fingerprint density at radius 3 is 1.83 bits per heavy atom. The molecular weight excluding hydrogens is 315 g/mol. The summed E-state index contributed by atoms with van der Waals surface area (Å²) in [6.07, 6.45) is 0.428. The van der Waals surface area contributed by atoms with Crippen molar-refractivity contribution in [3.8, 4) is 0 Å². The zero-order valence-corrected chi connectivity index (χ0v) is 14.8. The number of hydrogen-bond donors (Lipinski definition) is 0. The van der Waals surface area contributed by atoms with E-state index in [1.165, 1.54) is 5.56 Å². The molecule has 2 heterocycles. The molecule has 1 aromatic rings. The summed E-state index contributed by atoms with van der Waals surface area (Å²) in [5.74, 6) is -2.61. The van der Waals surface area contributed by atoms with Gasteiger partial charge in [0.05, 0.1) is 24.3 Å². The van der Waals surface area contributed by atoms with E-state index in [0.29, 0.717) is 6.41 Å². The molecule has 0 N–H and O–H groups in total. The fourth-order valence-corrected chi connectivity index (χ4v) is 2.33. The molecule has 0 unspecified atom stereocenters. The third kappa shape index (κ3) is 4.13. The molecule has 2 aliphatic rings. The molecular formula is C17H24BF2NO3. The largest absolute Gasteiger partial charge is 0.494 e. The molecule has 2 aliphatic heterocycles. The minimum Gasteiger partial charge on any atom is -0.399 e. The number of carbonyl (C=O) groups excluding carboxylic acids is 1. The molecule has 4 nitrogen and oxygen atoms in total. The molecule has 0 bridgehead atoms. The van der Waals surface area contributed by atoms with Gasteiger partial charge in [-0.2, -0.15) is 0 Å². The van der Waals surface area contributed by atoms with Crippen LogP contribution in [0.2, 0.25) is 0 Å². The Hall–Kier alpha value is -1.47. The lowest BCUT2D eigenvalue weighted by molar-refractivity contribution is -0.153. The number of halogens is 2. The maximum Gasteiger partial charge on any atom is 0.494 e. The zero-order chi connectivity index (χ0) is 18.2. The smallest absolute Gasteiger partial charge is 0.399 e. The highest BCUT2D eigenvalue weighted by Crippen LogP contribution is 2.36. The Bertz CT molecular complexity index is 566. The summed E-state index contributed by atoms with van der Waals surface area (Å²) >= 11 is 0. The molecule has 7 heteroatoms. The highest BCUT2D eigenvalue weighted by molar-refractivity contribution is 6.62. The van der Waals surface area contributed by atoms with Crippen LogP contribution in [0.4, 0.5) is 8.78 Å². The van der Waals surface area contributed by atoms with E-state index in [1.807, 2.05) is 0 Å². The number of benzene rings is 1. The van der Waals surface area contributed by atoms with Gasteiger partial charge in [0.2, 0.25) is 6.41 Å². The summed E-state index contributed by atoms with van der Waals surface area (Å²) in [6.45, 7) is 9.55. The van der Waals surface area contributed by atoms with Gasteiger partial charge in [-0.3, -0.25) is 4.79 Å². The lowest BCUT2D eigenvalue weighted by Gasteiger charge is -2.35. The van der Waals surface area contributed by atoms with Crippen molar-refractivity contribution in [2.45, 2.75) is 51.7 Å². The van der Waals surface area contributed by atoms with Crippen molar-refractivity contribution in [3.05, 3.63) is 29.8 Å². The predicted molar refractivity (Wildman–Crippen MR) is 89.5 cm³/mol. The van der Waals surface area contributed by atoms with Gasteiger partial charge in [0.15, 0.2) is 0 Å². The van der Waals surface area contributed by atoms with Crippen LogP contribution in [0.25, 0.3) is 0 Å². The Labute approximate surface area is 142 Å². The second-order valence-corrected chi connectivity index (χ2v) is 7.37. The van der Waals surface area contributed by atoms with Gasteiger partial charge in [0.25, 0.3) is 5.92 Å². The highest BCUT2D eigenvalue weighted by Gasteiger charge is 2.51. The first-order valence-corrected chi connectivity index (χ1v) is 7.95. The number of likely N-dealkylation sites (tertiary alicyclic amines) is 1. The van der Waals surface area contributed by atoms with E-state index in [4.69, 9.17) is 9.31 Å². The van der Waals surface area contributed by atoms with Gasteiger partial charge < -0.3 is 14.2 Å². The first-order chi connectivity index (χ1) is 11.0. The van der Waals surface area contributed by atoms with Gasteiger partial charge in [0, 0.05) is 0 Å². The molecule has 0 saturated carbocycles. The molecule has 0 spiro atoms. The third-order valence-corrected chi connectivity index (χ3v) is 4.62. The van der Waals surface area contributed by atoms with Gasteiger partial charge in [-0.1, -0.05) is 29.8 Å². The SMILES string of the molecule is Cc1ccc(B2OC(C)(C)C(C)(C)O2)cc1.O=CN1CC(F)(F)C1. The van der Waals surface area contributed by atoms with E-state index in [2.05, 4.69) is 58.9 Å². The summed E-state index contributed by atoms with van der Waals surface area (Å²) in [5.41, 5.74) is 1.81. The second kappa shape index (κ2) is 6.45. The van der Waals surface area contributed by atoms with E-state index in [-0.39, 0.29) is 18.3 Å². The van der Waals surface area contributed by atoms with Gasteiger partial charge in [-0.05, 0) is 40.1 Å². The molecule has 0 aliphatic carbocycles.